The van der Waals surface area contributed by atoms with Crippen LogP contribution in [0.5, 0.6) is 0 Å². The largest absolute Gasteiger partial charge is 0.464 e. The molecule has 1 aromatic heterocycles. The summed E-state index contributed by atoms with van der Waals surface area (Å²) in [4.78, 5) is 3.91. The smallest absolute Gasteiger partial charge is 0.137 e. The first-order valence-corrected chi connectivity index (χ1v) is 8.81. The second-order valence-electron chi connectivity index (χ2n) is 5.68. The molecule has 1 atom stereocenters. The van der Waals surface area contributed by atoms with Gasteiger partial charge in [-0.2, -0.15) is 0 Å². The van der Waals surface area contributed by atoms with E-state index in [1.807, 2.05) is 17.4 Å². The van der Waals surface area contributed by atoms with Crippen LogP contribution in [0.3, 0.4) is 0 Å². The van der Waals surface area contributed by atoms with Gasteiger partial charge < -0.3 is 9.32 Å². The van der Waals surface area contributed by atoms with Crippen LogP contribution in [0.1, 0.15) is 21.9 Å². The van der Waals surface area contributed by atoms with Gasteiger partial charge in [0.1, 0.15) is 5.76 Å². The quantitative estimate of drug-likeness (QED) is 0.556. The van der Waals surface area contributed by atoms with Gasteiger partial charge in [-0.1, -0.05) is 12.1 Å². The first kappa shape index (κ1) is 16.1. The summed E-state index contributed by atoms with van der Waals surface area (Å²) in [6, 6.07) is 8.48. The molecule has 0 radical (unpaired) electrons. The van der Waals surface area contributed by atoms with E-state index in [1.165, 1.54) is 26.0 Å². The lowest BCUT2D eigenvalue weighted by Crippen LogP contribution is -2.24. The molecule has 0 bridgehead atoms. The van der Waals surface area contributed by atoms with Crippen molar-refractivity contribution in [3.8, 4) is 11.3 Å². The van der Waals surface area contributed by atoms with E-state index in [0.29, 0.717) is 5.92 Å². The first-order chi connectivity index (χ1) is 10.2. The standard InChI is InChI=1S/C17H16BrNOS.ClH/c1-19-7-6-13-15(18)10-21-17(13)14(9-19)12-5-4-11-3-2-8-20-16(11)12;/h2-5,8,10,14H,6-7,9H2,1H3;1H. The molecular weight excluding hydrogens is 382 g/mol. The second-order valence-corrected chi connectivity index (χ2v) is 7.44. The van der Waals surface area contributed by atoms with Crippen LogP contribution in [0.25, 0.3) is 11.3 Å². The summed E-state index contributed by atoms with van der Waals surface area (Å²) in [6.07, 6.45) is 2.89. The van der Waals surface area contributed by atoms with Crippen molar-refractivity contribution in [2.45, 2.75) is 12.3 Å². The third-order valence-electron chi connectivity index (χ3n) is 4.31. The number of rotatable bonds is 1. The molecule has 0 spiro atoms. The third-order valence-corrected chi connectivity index (χ3v) is 6.46. The Balaban J connectivity index is 0.00000144. The molecule has 0 fully saturated rings. The van der Waals surface area contributed by atoms with Crippen molar-refractivity contribution in [1.82, 2.24) is 4.90 Å². The molecule has 1 unspecified atom stereocenters. The number of hydrogen-bond acceptors (Lipinski definition) is 3. The van der Waals surface area contributed by atoms with Crippen molar-refractivity contribution in [1.29, 1.82) is 0 Å². The van der Waals surface area contributed by atoms with Gasteiger partial charge in [0.15, 0.2) is 0 Å². The third kappa shape index (κ3) is 2.62. The number of likely N-dealkylation sites (N-methyl/N-ethyl adjacent to an activating group) is 1. The van der Waals surface area contributed by atoms with Gasteiger partial charge in [-0.3, -0.25) is 0 Å². The highest BCUT2D eigenvalue weighted by Crippen LogP contribution is 2.43. The van der Waals surface area contributed by atoms with Gasteiger partial charge in [-0.25, -0.2) is 0 Å². The van der Waals surface area contributed by atoms with Crippen LogP contribution in [0.2, 0.25) is 0 Å². The minimum Gasteiger partial charge on any atom is -0.464 e. The highest BCUT2D eigenvalue weighted by molar-refractivity contribution is 9.10. The summed E-state index contributed by atoms with van der Waals surface area (Å²) in [6.45, 7) is 2.15. The zero-order valence-corrected chi connectivity index (χ0v) is 15.4. The van der Waals surface area contributed by atoms with Gasteiger partial charge in [-0.15, -0.1) is 23.7 Å². The van der Waals surface area contributed by atoms with Crippen LogP contribution in [0.4, 0.5) is 0 Å². The van der Waals surface area contributed by atoms with Crippen molar-refractivity contribution in [2.75, 3.05) is 20.1 Å². The zero-order chi connectivity index (χ0) is 14.4. The molecule has 1 aromatic rings. The Kier molecular flexibility index (Phi) is 4.64. The Bertz CT molecular complexity index is 753. The van der Waals surface area contributed by atoms with Gasteiger partial charge in [0.05, 0.1) is 6.26 Å². The van der Waals surface area contributed by atoms with E-state index >= 15 is 0 Å². The number of fused-ring (bicyclic) bond motifs is 2. The van der Waals surface area contributed by atoms with Crippen molar-refractivity contribution >= 4 is 39.7 Å². The monoisotopic (exact) mass is 397 g/mol. The Labute approximate surface area is 149 Å². The van der Waals surface area contributed by atoms with E-state index in [-0.39, 0.29) is 12.4 Å². The number of thiophene rings is 1. The summed E-state index contributed by atoms with van der Waals surface area (Å²) >= 11 is 5.58. The zero-order valence-electron chi connectivity index (χ0n) is 12.2. The molecule has 0 saturated carbocycles. The highest BCUT2D eigenvalue weighted by Gasteiger charge is 2.29. The molecule has 0 N–H and O–H groups in total. The molecule has 3 heterocycles. The normalized spacial score (nSPS) is 18.7. The van der Waals surface area contributed by atoms with Crippen LogP contribution < -0.4 is 0 Å². The molecule has 0 aromatic carbocycles. The molecule has 5 heteroatoms. The van der Waals surface area contributed by atoms with Gasteiger partial charge in [0, 0.05) is 44.9 Å². The lowest BCUT2D eigenvalue weighted by atomic mass is 9.95. The van der Waals surface area contributed by atoms with Gasteiger partial charge in [0.25, 0.3) is 0 Å². The van der Waals surface area contributed by atoms with Crippen molar-refractivity contribution in [3.63, 3.8) is 0 Å². The Morgan fingerprint density at radius 1 is 1.32 bits per heavy atom. The molecule has 0 amide bonds. The maximum Gasteiger partial charge on any atom is 0.137 e. The minimum absolute atomic E-state index is 0. The van der Waals surface area contributed by atoms with Gasteiger partial charge in [-0.05, 0) is 47.1 Å². The topological polar surface area (TPSA) is 16.4 Å². The predicted molar refractivity (Wildman–Crippen MR) is 97.6 cm³/mol. The van der Waals surface area contributed by atoms with Gasteiger partial charge >= 0.3 is 0 Å². The lowest BCUT2D eigenvalue weighted by molar-refractivity contribution is 0.337. The molecule has 2 aliphatic heterocycles. The lowest BCUT2D eigenvalue weighted by Gasteiger charge is -2.20. The van der Waals surface area contributed by atoms with Crippen LogP contribution in [0.15, 0.2) is 44.8 Å². The predicted octanol–water partition coefficient (Wildman–Crippen LogP) is 5.25. The summed E-state index contributed by atoms with van der Waals surface area (Å²) in [5, 5.41) is 2.23. The molecule has 22 heavy (non-hydrogen) atoms. The Morgan fingerprint density at radius 2 is 2.18 bits per heavy atom. The first-order valence-electron chi connectivity index (χ1n) is 7.14. The van der Waals surface area contributed by atoms with Crippen molar-refractivity contribution < 1.29 is 4.42 Å². The van der Waals surface area contributed by atoms with Crippen molar-refractivity contribution in [3.05, 3.63) is 56.4 Å². The molecular formula is C17H17BrClNOS. The second kappa shape index (κ2) is 6.36. The maximum atomic E-state index is 5.81. The average molecular weight is 399 g/mol. The van der Waals surface area contributed by atoms with Crippen LogP contribution >= 0.6 is 39.7 Å². The van der Waals surface area contributed by atoms with Crippen LogP contribution in [0, 0.1) is 0 Å². The van der Waals surface area contributed by atoms with Crippen LogP contribution in [-0.2, 0) is 6.42 Å². The number of halogens is 2. The van der Waals surface area contributed by atoms with E-state index in [2.05, 4.69) is 51.5 Å². The molecule has 4 rings (SSSR count). The number of hydrogen-bond donors (Lipinski definition) is 0. The van der Waals surface area contributed by atoms with E-state index in [1.54, 1.807) is 6.26 Å². The summed E-state index contributed by atoms with van der Waals surface area (Å²) in [7, 11) is 2.21. The molecule has 1 aliphatic carbocycles. The molecule has 2 nitrogen and oxygen atoms in total. The van der Waals surface area contributed by atoms with E-state index in [9.17, 15) is 0 Å². The van der Waals surface area contributed by atoms with E-state index in [0.717, 1.165) is 25.3 Å². The minimum atomic E-state index is 0. The summed E-state index contributed by atoms with van der Waals surface area (Å²) in [5.41, 5.74) is 3.98. The van der Waals surface area contributed by atoms with Crippen LogP contribution in [-0.4, -0.2) is 25.0 Å². The summed E-state index contributed by atoms with van der Waals surface area (Å²) in [5.74, 6) is 1.43. The summed E-state index contributed by atoms with van der Waals surface area (Å²) < 4.78 is 7.07. The Hall–Kier alpha value is -0.810. The molecule has 3 aliphatic rings. The Morgan fingerprint density at radius 3 is 3.05 bits per heavy atom. The van der Waals surface area contributed by atoms with E-state index in [4.69, 9.17) is 4.42 Å². The fourth-order valence-electron chi connectivity index (χ4n) is 3.23. The SMILES string of the molecule is CN1CCc2c(Br)csc2C(c2ccc3cccoc2-3)C1.Cl. The average Bonchev–Trinajstić information content (AvgIpc) is 3.02. The molecule has 116 valence electrons. The van der Waals surface area contributed by atoms with Crippen molar-refractivity contribution in [2.24, 2.45) is 0 Å². The van der Waals surface area contributed by atoms with Gasteiger partial charge in [0.2, 0.25) is 0 Å². The fourth-order valence-corrected chi connectivity index (χ4v) is 5.14. The highest BCUT2D eigenvalue weighted by atomic mass is 79.9. The maximum absolute atomic E-state index is 5.81. The fraction of sp³-hybridized carbons (Fsp3) is 0.294. The number of nitrogens with zero attached hydrogens (tertiary/aromatic N) is 1. The molecule has 0 saturated heterocycles. The van der Waals surface area contributed by atoms with E-state index < -0.39 is 0 Å².